The molecular formula is C30H30F2N6O3. The van der Waals surface area contributed by atoms with E-state index < -0.39 is 11.6 Å². The molecule has 9 nitrogen and oxygen atoms in total. The number of aliphatic hydroxyl groups excluding tert-OH is 1. The van der Waals surface area contributed by atoms with E-state index in [1.165, 1.54) is 25.3 Å². The molecule has 2 aromatic carbocycles. The van der Waals surface area contributed by atoms with Crippen molar-refractivity contribution in [3.8, 4) is 35.5 Å². The SMILES string of the molecule is C#Cc1c(F)ccc2cc(N)cc(-c3nc(OC)c4c(NCCO)nc(OCC56CCCN5CCC6)nc4c3F)c12. The number of nitrogen functional groups attached to an aromatic ring is 1. The summed E-state index contributed by atoms with van der Waals surface area (Å²) >= 11 is 0. The van der Waals surface area contributed by atoms with E-state index in [0.717, 1.165) is 38.8 Å². The molecule has 0 atom stereocenters. The van der Waals surface area contributed by atoms with Crippen LogP contribution in [0.1, 0.15) is 31.2 Å². The summed E-state index contributed by atoms with van der Waals surface area (Å²) in [7, 11) is 1.39. The molecule has 2 fully saturated rings. The standard InChI is InChI=1S/C30H30F2N6O3/c1-3-19-21(31)7-6-17-14-18(33)15-20(22(17)19)25-24(32)26-23(28(35-25)40-2)27(34-10-13-39)37-29(36-26)41-16-30-8-4-11-38(30)12-5-9-30/h1,6-7,14-15,39H,4-5,8-13,16,33H2,2H3,(H,34,36,37). The molecule has 0 amide bonds. The number of fused-ring (bicyclic) bond motifs is 3. The van der Waals surface area contributed by atoms with Crippen LogP contribution < -0.4 is 20.5 Å². The molecule has 6 rings (SSSR count). The molecule has 4 N–H and O–H groups in total. The third-order valence-electron chi connectivity index (χ3n) is 8.10. The minimum atomic E-state index is -0.805. The summed E-state index contributed by atoms with van der Waals surface area (Å²) in [6.07, 6.45) is 9.89. The number of nitrogens with zero attached hydrogens (tertiary/aromatic N) is 4. The lowest BCUT2D eigenvalue weighted by Gasteiger charge is -2.31. The zero-order valence-electron chi connectivity index (χ0n) is 22.6. The number of pyridine rings is 1. The van der Waals surface area contributed by atoms with Gasteiger partial charge in [-0.15, -0.1) is 6.42 Å². The van der Waals surface area contributed by atoms with Gasteiger partial charge in [0.05, 0.1) is 24.8 Å². The molecule has 0 radical (unpaired) electrons. The number of hydrogen-bond donors (Lipinski definition) is 3. The number of terminal acetylenes is 1. The molecule has 0 spiro atoms. The fourth-order valence-corrected chi connectivity index (χ4v) is 6.26. The summed E-state index contributed by atoms with van der Waals surface area (Å²) in [5.74, 6) is 1.17. The Morgan fingerprint density at radius 1 is 1.15 bits per heavy atom. The lowest BCUT2D eigenvalue weighted by molar-refractivity contribution is 0.108. The van der Waals surface area contributed by atoms with Crippen molar-refractivity contribution in [3.63, 3.8) is 0 Å². The summed E-state index contributed by atoms with van der Waals surface area (Å²) < 4.78 is 43.1. The van der Waals surface area contributed by atoms with Gasteiger partial charge in [-0.3, -0.25) is 4.90 Å². The van der Waals surface area contributed by atoms with Gasteiger partial charge >= 0.3 is 6.01 Å². The number of nitrogens with one attached hydrogen (secondary N) is 1. The molecule has 4 aromatic rings. The Morgan fingerprint density at radius 3 is 2.63 bits per heavy atom. The van der Waals surface area contributed by atoms with Crippen LogP contribution in [0.5, 0.6) is 11.9 Å². The second kappa shape index (κ2) is 10.6. The highest BCUT2D eigenvalue weighted by atomic mass is 19.1. The summed E-state index contributed by atoms with van der Waals surface area (Å²) in [6, 6.07) is 5.89. The summed E-state index contributed by atoms with van der Waals surface area (Å²) in [5.41, 5.74) is 6.28. The van der Waals surface area contributed by atoms with E-state index in [0.29, 0.717) is 23.1 Å². The summed E-state index contributed by atoms with van der Waals surface area (Å²) in [6.45, 7) is 2.38. The second-order valence-electron chi connectivity index (χ2n) is 10.5. The van der Waals surface area contributed by atoms with Crippen molar-refractivity contribution >= 4 is 33.2 Å². The molecule has 0 aliphatic carbocycles. The largest absolute Gasteiger partial charge is 0.480 e. The number of benzene rings is 2. The van der Waals surface area contributed by atoms with Crippen LogP contribution in [-0.4, -0.2) is 70.5 Å². The van der Waals surface area contributed by atoms with Gasteiger partial charge in [0.25, 0.3) is 0 Å². The molecule has 2 aliphatic rings. The molecule has 41 heavy (non-hydrogen) atoms. The van der Waals surface area contributed by atoms with Crippen molar-refractivity contribution in [1.29, 1.82) is 0 Å². The van der Waals surface area contributed by atoms with Crippen molar-refractivity contribution in [2.24, 2.45) is 0 Å². The number of methoxy groups -OCH3 is 1. The van der Waals surface area contributed by atoms with Gasteiger partial charge in [-0.05, 0) is 62.4 Å². The fraction of sp³-hybridized carbons (Fsp3) is 0.367. The molecule has 2 saturated heterocycles. The first-order valence-corrected chi connectivity index (χ1v) is 13.6. The van der Waals surface area contributed by atoms with Gasteiger partial charge in [0.1, 0.15) is 34.8 Å². The van der Waals surface area contributed by atoms with Gasteiger partial charge in [-0.1, -0.05) is 12.0 Å². The highest BCUT2D eigenvalue weighted by Crippen LogP contribution is 2.42. The number of aromatic nitrogens is 3. The van der Waals surface area contributed by atoms with Crippen LogP contribution >= 0.6 is 0 Å². The van der Waals surface area contributed by atoms with Crippen molar-refractivity contribution < 1.29 is 23.4 Å². The lowest BCUT2D eigenvalue weighted by Crippen LogP contribution is -2.43. The zero-order valence-corrected chi connectivity index (χ0v) is 22.6. The lowest BCUT2D eigenvalue weighted by atomic mass is 9.95. The molecule has 2 aromatic heterocycles. The average Bonchev–Trinajstić information content (AvgIpc) is 3.56. The van der Waals surface area contributed by atoms with E-state index in [2.05, 4.69) is 31.1 Å². The Hall–Kier alpha value is -4.27. The van der Waals surface area contributed by atoms with Crippen molar-refractivity contribution in [2.45, 2.75) is 31.2 Å². The van der Waals surface area contributed by atoms with Gasteiger partial charge in [0.15, 0.2) is 5.82 Å². The van der Waals surface area contributed by atoms with E-state index in [1.807, 2.05) is 0 Å². The van der Waals surface area contributed by atoms with Gasteiger partial charge in [0, 0.05) is 23.2 Å². The number of anilines is 2. The highest BCUT2D eigenvalue weighted by Gasteiger charge is 2.45. The Bertz CT molecular complexity index is 1700. The normalized spacial score (nSPS) is 16.2. The molecule has 212 valence electrons. The predicted molar refractivity (Wildman–Crippen MR) is 153 cm³/mol. The number of rotatable bonds is 8. The van der Waals surface area contributed by atoms with Crippen LogP contribution in [0.15, 0.2) is 24.3 Å². The van der Waals surface area contributed by atoms with Crippen LogP contribution in [0.4, 0.5) is 20.3 Å². The summed E-state index contributed by atoms with van der Waals surface area (Å²) in [5, 5.41) is 13.5. The number of ether oxygens (including phenoxy) is 2. The van der Waals surface area contributed by atoms with E-state index in [4.69, 9.17) is 21.6 Å². The quantitative estimate of drug-likeness (QED) is 0.216. The van der Waals surface area contributed by atoms with E-state index in [9.17, 15) is 9.50 Å². The van der Waals surface area contributed by atoms with E-state index in [-0.39, 0.29) is 64.1 Å². The maximum atomic E-state index is 16.6. The second-order valence-corrected chi connectivity index (χ2v) is 10.5. The molecule has 0 unspecified atom stereocenters. The van der Waals surface area contributed by atoms with Crippen molar-refractivity contribution in [2.75, 3.05) is 51.0 Å². The van der Waals surface area contributed by atoms with E-state index >= 15 is 4.39 Å². The topological polar surface area (TPSA) is 119 Å². The average molecular weight is 561 g/mol. The third kappa shape index (κ3) is 4.53. The number of halogens is 2. The van der Waals surface area contributed by atoms with Gasteiger partial charge in [-0.2, -0.15) is 9.97 Å². The smallest absolute Gasteiger partial charge is 0.319 e. The predicted octanol–water partition coefficient (Wildman–Crippen LogP) is 4.11. The fourth-order valence-electron chi connectivity index (χ4n) is 6.26. The Balaban J connectivity index is 1.55. The molecule has 4 heterocycles. The van der Waals surface area contributed by atoms with Gasteiger partial charge in [-0.25, -0.2) is 13.8 Å². The van der Waals surface area contributed by atoms with Crippen LogP contribution in [0.2, 0.25) is 0 Å². The molecular weight excluding hydrogens is 530 g/mol. The maximum absolute atomic E-state index is 16.6. The number of hydrogen-bond acceptors (Lipinski definition) is 9. The molecule has 2 aliphatic heterocycles. The van der Waals surface area contributed by atoms with Crippen molar-refractivity contribution in [1.82, 2.24) is 19.9 Å². The van der Waals surface area contributed by atoms with Crippen molar-refractivity contribution in [3.05, 3.63) is 41.5 Å². The van der Waals surface area contributed by atoms with Crippen LogP contribution in [0, 0.1) is 24.0 Å². The van der Waals surface area contributed by atoms with Crippen LogP contribution in [0.3, 0.4) is 0 Å². The Kier molecular flexibility index (Phi) is 6.97. The van der Waals surface area contributed by atoms with E-state index in [1.54, 1.807) is 6.07 Å². The molecule has 11 heteroatoms. The molecule has 0 bridgehead atoms. The first kappa shape index (κ1) is 26.9. The number of aliphatic hydroxyl groups is 1. The zero-order chi connectivity index (χ0) is 28.7. The first-order chi connectivity index (χ1) is 19.9. The number of nitrogens with two attached hydrogens (primary N) is 1. The third-order valence-corrected chi connectivity index (χ3v) is 8.10. The summed E-state index contributed by atoms with van der Waals surface area (Å²) in [4.78, 5) is 15.9. The monoisotopic (exact) mass is 560 g/mol. The van der Waals surface area contributed by atoms with Gasteiger partial charge < -0.3 is 25.6 Å². The minimum absolute atomic E-state index is 0.0167. The van der Waals surface area contributed by atoms with Crippen LogP contribution in [-0.2, 0) is 0 Å². The Labute approximate surface area is 235 Å². The van der Waals surface area contributed by atoms with Gasteiger partial charge in [0.2, 0.25) is 5.88 Å². The highest BCUT2D eigenvalue weighted by molar-refractivity contribution is 6.04. The first-order valence-electron chi connectivity index (χ1n) is 13.6. The Morgan fingerprint density at radius 2 is 1.93 bits per heavy atom. The van der Waals surface area contributed by atoms with Crippen LogP contribution in [0.25, 0.3) is 32.9 Å². The maximum Gasteiger partial charge on any atom is 0.319 e. The molecule has 0 saturated carbocycles. The minimum Gasteiger partial charge on any atom is -0.480 e.